The van der Waals surface area contributed by atoms with E-state index in [0.29, 0.717) is 0 Å². The zero-order chi connectivity index (χ0) is 22.8. The SMILES string of the molecule is CCCN1CCc2onc(C)c2-c2ccccc21.Cc1noc2c1-c1ccccc1NCC2. The molecule has 0 fully saturated rings. The van der Waals surface area contributed by atoms with Crippen LogP contribution in [0.4, 0.5) is 11.4 Å². The molecular formula is C27H30N4O2. The van der Waals surface area contributed by atoms with Crippen LogP contribution in [0.3, 0.4) is 0 Å². The van der Waals surface area contributed by atoms with Crippen LogP contribution in [0.15, 0.2) is 57.6 Å². The van der Waals surface area contributed by atoms with Crippen molar-refractivity contribution in [3.8, 4) is 22.3 Å². The van der Waals surface area contributed by atoms with Gasteiger partial charge in [-0.3, -0.25) is 0 Å². The van der Waals surface area contributed by atoms with E-state index in [2.05, 4.69) is 63.9 Å². The third-order valence-electron chi connectivity index (χ3n) is 6.35. The Balaban J connectivity index is 0.000000140. The third-order valence-corrected chi connectivity index (χ3v) is 6.35. The lowest BCUT2D eigenvalue weighted by atomic mass is 10.0. The van der Waals surface area contributed by atoms with E-state index in [1.807, 2.05) is 26.0 Å². The first-order chi connectivity index (χ1) is 16.2. The van der Waals surface area contributed by atoms with Gasteiger partial charge in [0, 0.05) is 66.1 Å². The molecule has 0 saturated carbocycles. The number of hydrogen-bond donors (Lipinski definition) is 1. The third kappa shape index (κ3) is 4.01. The summed E-state index contributed by atoms with van der Waals surface area (Å²) in [6, 6.07) is 16.9. The van der Waals surface area contributed by atoms with E-state index < -0.39 is 0 Å². The van der Waals surface area contributed by atoms with Crippen molar-refractivity contribution in [1.29, 1.82) is 0 Å². The van der Waals surface area contributed by atoms with Gasteiger partial charge in [0.15, 0.2) is 0 Å². The highest BCUT2D eigenvalue weighted by Gasteiger charge is 2.24. The van der Waals surface area contributed by atoms with Gasteiger partial charge in [-0.2, -0.15) is 0 Å². The molecule has 33 heavy (non-hydrogen) atoms. The molecule has 0 aliphatic carbocycles. The van der Waals surface area contributed by atoms with Crippen LogP contribution in [0.5, 0.6) is 0 Å². The standard InChI is InChI=1S/C15H18N2O.C12H12N2O/c1-3-9-17-10-8-14-15(11(2)16-18-14)12-6-4-5-7-13(12)17;1-8-12-9-4-2-3-5-10(9)13-7-6-11(12)15-14-8/h4-7H,3,8-10H2,1-2H3;2-5,13H,6-7H2,1H3. The molecule has 1 N–H and O–H groups in total. The highest BCUT2D eigenvalue weighted by Crippen LogP contribution is 2.38. The number of aromatic nitrogens is 2. The summed E-state index contributed by atoms with van der Waals surface area (Å²) in [7, 11) is 0. The Morgan fingerprint density at radius 3 is 2.24 bits per heavy atom. The summed E-state index contributed by atoms with van der Waals surface area (Å²) < 4.78 is 10.8. The molecule has 0 radical (unpaired) electrons. The number of aryl methyl sites for hydroxylation is 2. The summed E-state index contributed by atoms with van der Waals surface area (Å²) in [6.45, 7) is 9.23. The number of nitrogens with one attached hydrogen (secondary N) is 1. The van der Waals surface area contributed by atoms with E-state index in [4.69, 9.17) is 9.05 Å². The van der Waals surface area contributed by atoms with E-state index in [1.54, 1.807) is 0 Å². The van der Waals surface area contributed by atoms with Crippen molar-refractivity contribution in [1.82, 2.24) is 10.3 Å². The maximum absolute atomic E-state index is 5.47. The van der Waals surface area contributed by atoms with Crippen LogP contribution in [0.2, 0.25) is 0 Å². The van der Waals surface area contributed by atoms with Gasteiger partial charge in [-0.1, -0.05) is 53.6 Å². The first-order valence-corrected chi connectivity index (χ1v) is 11.7. The lowest BCUT2D eigenvalue weighted by Gasteiger charge is -2.24. The zero-order valence-electron chi connectivity index (χ0n) is 19.5. The van der Waals surface area contributed by atoms with E-state index in [0.717, 1.165) is 67.4 Å². The fourth-order valence-electron chi connectivity index (χ4n) is 4.85. The molecule has 2 aromatic carbocycles. The zero-order valence-corrected chi connectivity index (χ0v) is 19.5. The Morgan fingerprint density at radius 1 is 0.848 bits per heavy atom. The number of rotatable bonds is 2. The number of para-hydroxylation sites is 2. The van der Waals surface area contributed by atoms with Gasteiger partial charge in [-0.25, -0.2) is 0 Å². The number of fused-ring (bicyclic) bond motifs is 6. The minimum absolute atomic E-state index is 0.894. The highest BCUT2D eigenvalue weighted by molar-refractivity contribution is 5.82. The molecule has 0 saturated heterocycles. The van der Waals surface area contributed by atoms with Gasteiger partial charge in [0.25, 0.3) is 0 Å². The van der Waals surface area contributed by atoms with E-state index in [-0.39, 0.29) is 0 Å². The number of anilines is 2. The van der Waals surface area contributed by atoms with Crippen molar-refractivity contribution in [2.75, 3.05) is 29.9 Å². The van der Waals surface area contributed by atoms with E-state index in [9.17, 15) is 0 Å². The molecule has 6 rings (SSSR count). The minimum Gasteiger partial charge on any atom is -0.384 e. The summed E-state index contributed by atoms with van der Waals surface area (Å²) in [5.41, 5.74) is 9.27. The van der Waals surface area contributed by atoms with E-state index in [1.165, 1.54) is 28.1 Å². The normalized spacial score (nSPS) is 13.8. The fraction of sp³-hybridized carbons (Fsp3) is 0.333. The predicted molar refractivity (Wildman–Crippen MR) is 132 cm³/mol. The Morgan fingerprint density at radius 2 is 1.48 bits per heavy atom. The molecule has 4 aromatic rings. The summed E-state index contributed by atoms with van der Waals surface area (Å²) in [5.74, 6) is 2.02. The second-order valence-corrected chi connectivity index (χ2v) is 8.61. The minimum atomic E-state index is 0.894. The van der Waals surface area contributed by atoms with Crippen LogP contribution in [0, 0.1) is 13.8 Å². The molecule has 0 amide bonds. The average Bonchev–Trinajstić information content (AvgIpc) is 3.26. The van der Waals surface area contributed by atoms with Crippen molar-refractivity contribution >= 4 is 11.4 Å². The summed E-state index contributed by atoms with van der Waals surface area (Å²) in [5, 5.41) is 11.5. The molecule has 170 valence electrons. The molecule has 6 nitrogen and oxygen atoms in total. The Hall–Kier alpha value is -3.54. The lowest BCUT2D eigenvalue weighted by Crippen LogP contribution is -2.25. The van der Waals surface area contributed by atoms with Crippen molar-refractivity contribution < 1.29 is 9.05 Å². The van der Waals surface area contributed by atoms with Crippen LogP contribution in [0.25, 0.3) is 22.3 Å². The smallest absolute Gasteiger partial charge is 0.146 e. The van der Waals surface area contributed by atoms with Crippen molar-refractivity contribution in [2.24, 2.45) is 0 Å². The Kier molecular flexibility index (Phi) is 5.90. The van der Waals surface area contributed by atoms with E-state index >= 15 is 0 Å². The molecule has 2 aliphatic heterocycles. The molecule has 4 heterocycles. The van der Waals surface area contributed by atoms with Crippen LogP contribution in [-0.2, 0) is 12.8 Å². The van der Waals surface area contributed by atoms with Crippen molar-refractivity contribution in [2.45, 2.75) is 40.0 Å². The van der Waals surface area contributed by atoms with Gasteiger partial charge < -0.3 is 19.3 Å². The largest absolute Gasteiger partial charge is 0.384 e. The highest BCUT2D eigenvalue weighted by atomic mass is 16.5. The second-order valence-electron chi connectivity index (χ2n) is 8.61. The second kappa shape index (κ2) is 9.14. The molecule has 2 aromatic heterocycles. The first-order valence-electron chi connectivity index (χ1n) is 11.7. The van der Waals surface area contributed by atoms with Gasteiger partial charge >= 0.3 is 0 Å². The van der Waals surface area contributed by atoms with Gasteiger partial charge in [0.1, 0.15) is 11.5 Å². The molecule has 0 bridgehead atoms. The Bertz CT molecular complexity index is 1260. The molecule has 0 atom stereocenters. The van der Waals surface area contributed by atoms with Crippen molar-refractivity contribution in [3.05, 3.63) is 71.4 Å². The maximum atomic E-state index is 5.47. The van der Waals surface area contributed by atoms with Gasteiger partial charge in [0.05, 0.1) is 11.4 Å². The number of benzene rings is 2. The van der Waals surface area contributed by atoms with Crippen LogP contribution in [0.1, 0.15) is 36.3 Å². The first kappa shape index (κ1) is 21.3. The predicted octanol–water partition coefficient (Wildman–Crippen LogP) is 6.04. The summed E-state index contributed by atoms with van der Waals surface area (Å²) in [4.78, 5) is 2.45. The lowest BCUT2D eigenvalue weighted by molar-refractivity contribution is 0.380. The van der Waals surface area contributed by atoms with Crippen LogP contribution < -0.4 is 10.2 Å². The summed E-state index contributed by atoms with van der Waals surface area (Å²) in [6.07, 6.45) is 2.99. The number of nitrogens with zero attached hydrogens (tertiary/aromatic N) is 3. The van der Waals surface area contributed by atoms with Crippen LogP contribution in [-0.4, -0.2) is 29.9 Å². The van der Waals surface area contributed by atoms with Gasteiger partial charge in [0.2, 0.25) is 0 Å². The molecule has 0 unspecified atom stereocenters. The van der Waals surface area contributed by atoms with Gasteiger partial charge in [-0.05, 0) is 32.4 Å². The quantitative estimate of drug-likeness (QED) is 0.408. The monoisotopic (exact) mass is 442 g/mol. The molecule has 6 heteroatoms. The molecular weight excluding hydrogens is 412 g/mol. The summed E-state index contributed by atoms with van der Waals surface area (Å²) >= 11 is 0. The topological polar surface area (TPSA) is 67.3 Å². The molecule has 2 aliphatic rings. The Labute approximate surface area is 194 Å². The number of hydrogen-bond acceptors (Lipinski definition) is 6. The van der Waals surface area contributed by atoms with Gasteiger partial charge in [-0.15, -0.1) is 0 Å². The maximum Gasteiger partial charge on any atom is 0.146 e. The van der Waals surface area contributed by atoms with Crippen molar-refractivity contribution in [3.63, 3.8) is 0 Å². The molecule has 0 spiro atoms. The average molecular weight is 443 g/mol. The van der Waals surface area contributed by atoms with Crippen LogP contribution >= 0.6 is 0 Å². The fourth-order valence-corrected chi connectivity index (χ4v) is 4.85.